The summed E-state index contributed by atoms with van der Waals surface area (Å²) in [6.45, 7) is 4.93. The zero-order chi connectivity index (χ0) is 20.1. The number of aromatic nitrogens is 2. The second-order valence-corrected chi connectivity index (χ2v) is 7.75. The van der Waals surface area contributed by atoms with Gasteiger partial charge < -0.3 is 15.5 Å². The molecule has 3 aromatic rings. The number of carbonyl (C=O) groups excluding carboxylic acids is 1. The first-order valence-electron chi connectivity index (χ1n) is 10.5. The Morgan fingerprint density at radius 3 is 2.90 bits per heavy atom. The molecule has 1 aromatic heterocycles. The number of hydrogen-bond donors (Lipinski definition) is 3. The normalized spacial score (nSPS) is 15.0. The molecule has 1 fully saturated rings. The van der Waals surface area contributed by atoms with Gasteiger partial charge in [-0.3, -0.25) is 9.89 Å². The highest BCUT2D eigenvalue weighted by atomic mass is 16.2. The molecule has 6 nitrogen and oxygen atoms in total. The summed E-state index contributed by atoms with van der Waals surface area (Å²) in [4.78, 5) is 15.3. The van der Waals surface area contributed by atoms with Crippen molar-refractivity contribution in [3.05, 3.63) is 54.2 Å². The molecule has 4 rings (SSSR count). The molecule has 1 aliphatic rings. The van der Waals surface area contributed by atoms with Crippen LogP contribution < -0.4 is 15.5 Å². The minimum Gasteiger partial charge on any atom is -0.371 e. The quantitative estimate of drug-likeness (QED) is 0.541. The lowest BCUT2D eigenvalue weighted by atomic mass is 10.1. The number of fused-ring (bicyclic) bond motifs is 1. The van der Waals surface area contributed by atoms with Crippen molar-refractivity contribution in [1.82, 2.24) is 15.5 Å². The molecule has 1 saturated heterocycles. The number of rotatable bonds is 8. The van der Waals surface area contributed by atoms with Gasteiger partial charge in [0.15, 0.2) is 0 Å². The number of carbonyl (C=O) groups is 1. The van der Waals surface area contributed by atoms with Gasteiger partial charge in [-0.25, -0.2) is 0 Å². The van der Waals surface area contributed by atoms with E-state index in [0.29, 0.717) is 6.54 Å². The number of anilines is 2. The van der Waals surface area contributed by atoms with Crippen LogP contribution in [0.2, 0.25) is 0 Å². The maximum atomic E-state index is 12.9. The van der Waals surface area contributed by atoms with E-state index in [1.54, 1.807) is 0 Å². The summed E-state index contributed by atoms with van der Waals surface area (Å²) < 4.78 is 0. The second kappa shape index (κ2) is 9.09. The molecule has 0 aliphatic carbocycles. The predicted molar refractivity (Wildman–Crippen MR) is 118 cm³/mol. The van der Waals surface area contributed by atoms with Crippen molar-refractivity contribution in [3.8, 4) is 0 Å². The van der Waals surface area contributed by atoms with Gasteiger partial charge in [0.1, 0.15) is 0 Å². The van der Waals surface area contributed by atoms with Crippen LogP contribution in [0.15, 0.2) is 48.7 Å². The van der Waals surface area contributed by atoms with Gasteiger partial charge in [-0.05, 0) is 49.1 Å². The topological polar surface area (TPSA) is 73.0 Å². The summed E-state index contributed by atoms with van der Waals surface area (Å²) in [5, 5.41) is 14.7. The summed E-state index contributed by atoms with van der Waals surface area (Å²) in [7, 11) is 0. The van der Waals surface area contributed by atoms with Gasteiger partial charge in [0, 0.05) is 36.4 Å². The number of hydrogen-bond acceptors (Lipinski definition) is 4. The van der Waals surface area contributed by atoms with Gasteiger partial charge in [-0.1, -0.05) is 31.5 Å². The van der Waals surface area contributed by atoms with Crippen LogP contribution >= 0.6 is 0 Å². The SMILES string of the molecule is CCCC(NCc1ccc2cn[nH]c2c1)C(=O)Nc1cccc(N2CCCC2)c1. The Labute approximate surface area is 171 Å². The molecule has 6 heteroatoms. The zero-order valence-corrected chi connectivity index (χ0v) is 16.9. The molecule has 1 atom stereocenters. The van der Waals surface area contributed by atoms with E-state index in [1.807, 2.05) is 18.3 Å². The second-order valence-electron chi connectivity index (χ2n) is 7.75. The summed E-state index contributed by atoms with van der Waals surface area (Å²) >= 11 is 0. The fraction of sp³-hybridized carbons (Fsp3) is 0.391. The van der Waals surface area contributed by atoms with E-state index in [2.05, 4.69) is 63.0 Å². The zero-order valence-electron chi connectivity index (χ0n) is 16.9. The smallest absolute Gasteiger partial charge is 0.241 e. The van der Waals surface area contributed by atoms with E-state index in [0.717, 1.165) is 48.1 Å². The summed E-state index contributed by atoms with van der Waals surface area (Å²) in [6, 6.07) is 14.2. The highest BCUT2D eigenvalue weighted by Gasteiger charge is 2.18. The van der Waals surface area contributed by atoms with E-state index in [-0.39, 0.29) is 11.9 Å². The number of nitrogens with zero attached hydrogens (tertiary/aromatic N) is 2. The maximum absolute atomic E-state index is 12.9. The molecule has 0 spiro atoms. The standard InChI is InChI=1S/C23H29N5O/c1-2-6-21(24-15-17-9-10-18-16-25-27-22(18)13-17)23(29)26-19-7-5-8-20(14-19)28-11-3-4-12-28/h5,7-10,13-14,16,21,24H,2-4,6,11-12,15H2,1H3,(H,25,27)(H,26,29). The van der Waals surface area contributed by atoms with Crippen molar-refractivity contribution < 1.29 is 4.79 Å². The van der Waals surface area contributed by atoms with Crippen molar-refractivity contribution in [3.63, 3.8) is 0 Å². The first kappa shape index (κ1) is 19.5. The fourth-order valence-corrected chi connectivity index (χ4v) is 3.93. The van der Waals surface area contributed by atoms with E-state index < -0.39 is 0 Å². The lowest BCUT2D eigenvalue weighted by molar-refractivity contribution is -0.118. The Kier molecular flexibility index (Phi) is 6.10. The van der Waals surface area contributed by atoms with E-state index in [9.17, 15) is 4.79 Å². The molecule has 152 valence electrons. The highest BCUT2D eigenvalue weighted by molar-refractivity contribution is 5.95. The molecule has 2 heterocycles. The van der Waals surface area contributed by atoms with Gasteiger partial charge in [0.25, 0.3) is 0 Å². The Morgan fingerprint density at radius 2 is 2.07 bits per heavy atom. The Bertz CT molecular complexity index is 961. The van der Waals surface area contributed by atoms with Crippen LogP contribution in [0.3, 0.4) is 0 Å². The number of amides is 1. The molecule has 2 aromatic carbocycles. The Morgan fingerprint density at radius 1 is 1.21 bits per heavy atom. The molecule has 0 radical (unpaired) electrons. The summed E-state index contributed by atoms with van der Waals surface area (Å²) in [5.41, 5.74) is 4.19. The lowest BCUT2D eigenvalue weighted by Gasteiger charge is -2.20. The van der Waals surface area contributed by atoms with Crippen molar-refractivity contribution in [2.45, 2.75) is 45.2 Å². The van der Waals surface area contributed by atoms with Gasteiger partial charge in [-0.2, -0.15) is 5.10 Å². The van der Waals surface area contributed by atoms with Gasteiger partial charge in [0.05, 0.1) is 17.8 Å². The van der Waals surface area contributed by atoms with Crippen molar-refractivity contribution in [1.29, 1.82) is 0 Å². The van der Waals surface area contributed by atoms with E-state index >= 15 is 0 Å². The third-order valence-electron chi connectivity index (χ3n) is 5.54. The van der Waals surface area contributed by atoms with Crippen LogP contribution in [0.25, 0.3) is 10.9 Å². The number of aromatic amines is 1. The average Bonchev–Trinajstić information content (AvgIpc) is 3.42. The Hall–Kier alpha value is -2.86. The first-order valence-corrected chi connectivity index (χ1v) is 10.5. The molecular formula is C23H29N5O. The minimum absolute atomic E-state index is 0.0213. The number of benzene rings is 2. The molecule has 1 aliphatic heterocycles. The molecule has 1 amide bonds. The molecule has 1 unspecified atom stereocenters. The van der Waals surface area contributed by atoms with Crippen molar-refractivity contribution in [2.24, 2.45) is 0 Å². The maximum Gasteiger partial charge on any atom is 0.241 e. The summed E-state index contributed by atoms with van der Waals surface area (Å²) in [6.07, 6.45) is 6.03. The lowest BCUT2D eigenvalue weighted by Crippen LogP contribution is -2.40. The number of nitrogens with one attached hydrogen (secondary N) is 3. The monoisotopic (exact) mass is 391 g/mol. The van der Waals surface area contributed by atoms with Crippen LogP contribution in [0, 0.1) is 0 Å². The first-order chi connectivity index (χ1) is 14.2. The van der Waals surface area contributed by atoms with Crippen molar-refractivity contribution >= 4 is 28.2 Å². The molecule has 3 N–H and O–H groups in total. The van der Waals surface area contributed by atoms with Gasteiger partial charge in [-0.15, -0.1) is 0 Å². The highest BCUT2D eigenvalue weighted by Crippen LogP contribution is 2.23. The molecule has 0 saturated carbocycles. The number of H-pyrrole nitrogens is 1. The largest absolute Gasteiger partial charge is 0.371 e. The Balaban J connectivity index is 1.39. The average molecular weight is 392 g/mol. The molecule has 0 bridgehead atoms. The van der Waals surface area contributed by atoms with Crippen LogP contribution in [0.1, 0.15) is 38.2 Å². The van der Waals surface area contributed by atoms with E-state index in [4.69, 9.17) is 0 Å². The minimum atomic E-state index is -0.229. The van der Waals surface area contributed by atoms with Crippen molar-refractivity contribution in [2.75, 3.05) is 23.3 Å². The van der Waals surface area contributed by atoms with Crippen LogP contribution in [0.4, 0.5) is 11.4 Å². The van der Waals surface area contributed by atoms with Crippen LogP contribution in [0.5, 0.6) is 0 Å². The molecular weight excluding hydrogens is 362 g/mol. The van der Waals surface area contributed by atoms with Crippen LogP contribution in [-0.4, -0.2) is 35.2 Å². The fourth-order valence-electron chi connectivity index (χ4n) is 3.93. The summed E-state index contributed by atoms with van der Waals surface area (Å²) in [5.74, 6) is 0.0213. The third-order valence-corrected chi connectivity index (χ3v) is 5.54. The third kappa shape index (κ3) is 4.77. The van der Waals surface area contributed by atoms with Gasteiger partial charge >= 0.3 is 0 Å². The molecule has 29 heavy (non-hydrogen) atoms. The van der Waals surface area contributed by atoms with Gasteiger partial charge in [0.2, 0.25) is 5.91 Å². The predicted octanol–water partition coefficient (Wildman–Crippen LogP) is 4.06. The van der Waals surface area contributed by atoms with Crippen LogP contribution in [-0.2, 0) is 11.3 Å². The van der Waals surface area contributed by atoms with E-state index in [1.165, 1.54) is 18.5 Å².